The van der Waals surface area contributed by atoms with Gasteiger partial charge in [-0.3, -0.25) is 9.59 Å². The first-order chi connectivity index (χ1) is 16.4. The van der Waals surface area contributed by atoms with E-state index in [1.54, 1.807) is 4.90 Å². The fraction of sp³-hybridized carbons (Fsp3) is 0.444. The molecule has 0 aromatic heterocycles. The molecule has 3 aliphatic rings. The first-order valence-electron chi connectivity index (χ1n) is 12.0. The summed E-state index contributed by atoms with van der Waals surface area (Å²) in [4.78, 5) is 39.0. The lowest BCUT2D eigenvalue weighted by Crippen LogP contribution is -2.52. The average molecular weight is 463 g/mol. The van der Waals surface area contributed by atoms with Crippen LogP contribution >= 0.6 is 0 Å². The summed E-state index contributed by atoms with van der Waals surface area (Å²) in [5, 5.41) is 12.0. The number of aliphatic carboxylic acids is 1. The largest absolute Gasteiger partial charge is 0.481 e. The molecular formula is C27H30N2O5. The van der Waals surface area contributed by atoms with Crippen LogP contribution in [0.25, 0.3) is 11.1 Å². The summed E-state index contributed by atoms with van der Waals surface area (Å²) in [6.07, 6.45) is 0.117. The number of fused-ring (bicyclic) bond motifs is 4. The van der Waals surface area contributed by atoms with E-state index in [0.29, 0.717) is 13.1 Å². The molecule has 2 fully saturated rings. The highest BCUT2D eigenvalue weighted by Gasteiger charge is 2.61. The molecule has 3 unspecified atom stereocenters. The highest BCUT2D eigenvalue weighted by atomic mass is 16.5. The number of ether oxygens (including phenoxy) is 1. The number of nitrogens with zero attached hydrogens (tertiary/aromatic N) is 1. The Bertz CT molecular complexity index is 1070. The number of nitrogens with one attached hydrogen (secondary N) is 1. The van der Waals surface area contributed by atoms with Crippen LogP contribution in [0.4, 0.5) is 4.79 Å². The van der Waals surface area contributed by atoms with Crippen LogP contribution in [0, 0.1) is 23.7 Å². The number of carbonyl (C=O) groups is 3. The fourth-order valence-electron chi connectivity index (χ4n) is 5.72. The molecule has 7 heteroatoms. The molecule has 0 radical (unpaired) electrons. The van der Waals surface area contributed by atoms with Gasteiger partial charge in [-0.2, -0.15) is 0 Å². The van der Waals surface area contributed by atoms with Gasteiger partial charge in [0.2, 0.25) is 5.91 Å². The zero-order valence-corrected chi connectivity index (χ0v) is 19.4. The number of alkyl carbamates (subject to hydrolysis) is 1. The maximum absolute atomic E-state index is 13.2. The standard InChI is InChI=1S/C27H30N2O5/c1-3-15(2)24(25(30)29-12-20-21(13-29)23(20)26(31)32)28-27(33)34-14-22-18-10-6-4-8-16(18)17-9-5-7-11-19(17)22/h4-11,15,20-24H,3,12-14H2,1-2H3,(H,28,33)(H,31,32)/t15?,20?,21?,23?,24-/m0/s1. The molecular weight excluding hydrogens is 432 g/mol. The zero-order chi connectivity index (χ0) is 24.0. The maximum atomic E-state index is 13.2. The third kappa shape index (κ3) is 3.83. The van der Waals surface area contributed by atoms with Crippen LogP contribution < -0.4 is 5.32 Å². The van der Waals surface area contributed by atoms with E-state index in [1.165, 1.54) is 0 Å². The van der Waals surface area contributed by atoms with Crippen LogP contribution in [-0.2, 0) is 14.3 Å². The fourth-order valence-corrected chi connectivity index (χ4v) is 5.72. The highest BCUT2D eigenvalue weighted by Crippen LogP contribution is 2.52. The molecule has 1 saturated carbocycles. The summed E-state index contributed by atoms with van der Waals surface area (Å²) >= 11 is 0. The van der Waals surface area contributed by atoms with Crippen LogP contribution in [0.2, 0.25) is 0 Å². The van der Waals surface area contributed by atoms with E-state index in [9.17, 15) is 19.5 Å². The van der Waals surface area contributed by atoms with E-state index in [4.69, 9.17) is 4.74 Å². The molecule has 1 saturated heterocycles. The second kappa shape index (κ2) is 8.78. The lowest BCUT2D eigenvalue weighted by atomic mass is 9.97. The molecule has 5 rings (SSSR count). The van der Waals surface area contributed by atoms with Gasteiger partial charge in [-0.05, 0) is 40.0 Å². The minimum atomic E-state index is -0.780. The van der Waals surface area contributed by atoms with Crippen LogP contribution in [-0.4, -0.2) is 53.7 Å². The van der Waals surface area contributed by atoms with Crippen molar-refractivity contribution >= 4 is 18.0 Å². The van der Waals surface area contributed by atoms with Crippen molar-refractivity contribution in [1.29, 1.82) is 0 Å². The molecule has 1 heterocycles. The molecule has 0 spiro atoms. The summed E-state index contributed by atoms with van der Waals surface area (Å²) in [6.45, 7) is 4.99. The molecule has 1 aliphatic heterocycles. The van der Waals surface area contributed by atoms with Gasteiger partial charge in [0.1, 0.15) is 12.6 Å². The Morgan fingerprint density at radius 1 is 1.03 bits per heavy atom. The smallest absolute Gasteiger partial charge is 0.407 e. The third-order valence-electron chi connectivity index (χ3n) is 7.89. The SMILES string of the molecule is CCC(C)[C@H](NC(=O)OCC1c2ccccc2-c2ccccc21)C(=O)N1CC2C(C1)C2C(=O)O. The monoisotopic (exact) mass is 462 g/mol. The summed E-state index contributed by atoms with van der Waals surface area (Å²) in [5.74, 6) is -1.31. The zero-order valence-electron chi connectivity index (χ0n) is 19.4. The van der Waals surface area contributed by atoms with Crippen molar-refractivity contribution in [2.75, 3.05) is 19.7 Å². The second-order valence-electron chi connectivity index (χ2n) is 9.77. The van der Waals surface area contributed by atoms with Crippen LogP contribution in [0.1, 0.15) is 37.3 Å². The van der Waals surface area contributed by atoms with Gasteiger partial charge in [-0.25, -0.2) is 4.79 Å². The highest BCUT2D eigenvalue weighted by molar-refractivity contribution is 5.87. The van der Waals surface area contributed by atoms with Gasteiger partial charge < -0.3 is 20.1 Å². The van der Waals surface area contributed by atoms with Gasteiger partial charge in [0.05, 0.1) is 5.92 Å². The minimum Gasteiger partial charge on any atom is -0.481 e. The summed E-state index contributed by atoms with van der Waals surface area (Å²) in [6, 6.07) is 15.6. The van der Waals surface area contributed by atoms with Gasteiger partial charge in [-0.1, -0.05) is 68.8 Å². The topological polar surface area (TPSA) is 95.9 Å². The van der Waals surface area contributed by atoms with Crippen molar-refractivity contribution in [3.63, 3.8) is 0 Å². The molecule has 7 nitrogen and oxygen atoms in total. The summed E-state index contributed by atoms with van der Waals surface area (Å²) < 4.78 is 5.66. The number of carboxylic acids is 1. The quantitative estimate of drug-likeness (QED) is 0.654. The number of hydrogen-bond donors (Lipinski definition) is 2. The van der Waals surface area contributed by atoms with Gasteiger partial charge in [0.25, 0.3) is 0 Å². The Labute approximate surface area is 199 Å². The average Bonchev–Trinajstić information content (AvgIpc) is 3.20. The van der Waals surface area contributed by atoms with E-state index < -0.39 is 18.1 Å². The van der Waals surface area contributed by atoms with Gasteiger partial charge in [0.15, 0.2) is 0 Å². The van der Waals surface area contributed by atoms with Crippen molar-refractivity contribution in [3.8, 4) is 11.1 Å². The predicted octanol–water partition coefficient (Wildman–Crippen LogP) is 3.73. The van der Waals surface area contributed by atoms with Crippen molar-refractivity contribution in [3.05, 3.63) is 59.7 Å². The van der Waals surface area contributed by atoms with Crippen molar-refractivity contribution in [2.45, 2.75) is 32.2 Å². The number of amides is 2. The molecule has 2 aliphatic carbocycles. The van der Waals surface area contributed by atoms with Crippen LogP contribution in [0.5, 0.6) is 0 Å². The van der Waals surface area contributed by atoms with E-state index in [0.717, 1.165) is 28.7 Å². The molecule has 4 atom stereocenters. The van der Waals surface area contributed by atoms with Crippen LogP contribution in [0.3, 0.4) is 0 Å². The Kier molecular flexibility index (Phi) is 5.80. The van der Waals surface area contributed by atoms with Crippen LogP contribution in [0.15, 0.2) is 48.5 Å². The third-order valence-corrected chi connectivity index (χ3v) is 7.89. The molecule has 2 amide bonds. The number of benzene rings is 2. The van der Waals surface area contributed by atoms with Gasteiger partial charge in [-0.15, -0.1) is 0 Å². The Morgan fingerprint density at radius 2 is 1.59 bits per heavy atom. The van der Waals surface area contributed by atoms with E-state index in [2.05, 4.69) is 29.6 Å². The van der Waals surface area contributed by atoms with E-state index in [-0.39, 0.29) is 42.1 Å². The number of carbonyl (C=O) groups excluding carboxylic acids is 2. The number of rotatable bonds is 7. The second-order valence-corrected chi connectivity index (χ2v) is 9.77. The number of carboxylic acid groups (broad SMARTS) is 1. The predicted molar refractivity (Wildman–Crippen MR) is 126 cm³/mol. The lowest BCUT2D eigenvalue weighted by molar-refractivity contribution is -0.141. The van der Waals surface area contributed by atoms with Gasteiger partial charge in [0, 0.05) is 19.0 Å². The molecule has 0 bridgehead atoms. The molecule has 178 valence electrons. The van der Waals surface area contributed by atoms with Crippen molar-refractivity contribution < 1.29 is 24.2 Å². The molecule has 2 aromatic carbocycles. The van der Waals surface area contributed by atoms with E-state index >= 15 is 0 Å². The maximum Gasteiger partial charge on any atom is 0.407 e. The number of piperidine rings is 1. The normalized spacial score (nSPS) is 23.9. The molecule has 34 heavy (non-hydrogen) atoms. The Morgan fingerprint density at radius 3 is 2.12 bits per heavy atom. The Hall–Kier alpha value is -3.35. The molecule has 2 aromatic rings. The Balaban J connectivity index is 1.23. The first kappa shape index (κ1) is 22.4. The molecule has 2 N–H and O–H groups in total. The van der Waals surface area contributed by atoms with Gasteiger partial charge >= 0.3 is 12.1 Å². The number of likely N-dealkylation sites (tertiary alicyclic amines) is 1. The summed E-state index contributed by atoms with van der Waals surface area (Å²) in [5.41, 5.74) is 4.59. The van der Waals surface area contributed by atoms with E-state index in [1.807, 2.05) is 38.1 Å². The number of hydrogen-bond acceptors (Lipinski definition) is 4. The summed E-state index contributed by atoms with van der Waals surface area (Å²) in [7, 11) is 0. The van der Waals surface area contributed by atoms with Crippen molar-refractivity contribution in [1.82, 2.24) is 10.2 Å². The lowest BCUT2D eigenvalue weighted by Gasteiger charge is -2.29. The minimum absolute atomic E-state index is 0.0356. The first-order valence-corrected chi connectivity index (χ1v) is 12.0. The van der Waals surface area contributed by atoms with Crippen molar-refractivity contribution in [2.24, 2.45) is 23.7 Å².